The van der Waals surface area contributed by atoms with Crippen molar-refractivity contribution in [2.24, 2.45) is 0 Å². The molecule has 0 N–H and O–H groups in total. The molecule has 0 radical (unpaired) electrons. The van der Waals surface area contributed by atoms with Gasteiger partial charge >= 0.3 is 21.7 Å². The van der Waals surface area contributed by atoms with E-state index in [1.54, 1.807) is 23.7 Å². The molecule has 4 fully saturated rings. The fraction of sp³-hybridized carbons (Fsp3) is 0.833. The maximum atomic E-state index is 2.26. The molecule has 4 aliphatic rings. The van der Waals surface area contributed by atoms with Gasteiger partial charge in [0.1, 0.15) is 0 Å². The van der Waals surface area contributed by atoms with Gasteiger partial charge in [-0.2, -0.15) is 79.1 Å². The van der Waals surface area contributed by atoms with Gasteiger partial charge in [0.15, 0.2) is 0 Å². The van der Waals surface area contributed by atoms with Crippen molar-refractivity contribution in [1.82, 2.24) is 0 Å². The van der Waals surface area contributed by atoms with Crippen LogP contribution in [-0.2, 0) is 21.7 Å². The molecule has 0 atom stereocenters. The van der Waals surface area contributed by atoms with E-state index in [-0.39, 0.29) is 21.7 Å². The van der Waals surface area contributed by atoms with Gasteiger partial charge in [-0.3, -0.25) is 0 Å². The average Bonchev–Trinajstić information content (AvgIpc) is 3.31. The molecule has 0 aromatic heterocycles. The molecule has 4 saturated carbocycles. The molecular weight excluding hydrogens is 336 g/mol. The van der Waals surface area contributed by atoms with Gasteiger partial charge in [-0.15, -0.1) is 0 Å². The average molecular weight is 380 g/mol. The van der Waals surface area contributed by atoms with Gasteiger partial charge in [-0.1, -0.05) is 51.4 Å². The van der Waals surface area contributed by atoms with E-state index >= 15 is 0 Å². The number of hydrogen-bond acceptors (Lipinski definition) is 0. The smallest absolute Gasteiger partial charge is 0.317 e. The standard InChI is InChI=1S/4C6H11.Ti/c4*1-6-4-2-3-5-6;/h4*2-5H2,1H3;/q4*-1;+4. The third kappa shape index (κ3) is 15.5. The van der Waals surface area contributed by atoms with Crippen LogP contribution in [0.1, 0.15) is 130 Å². The minimum Gasteiger partial charge on any atom is -0.317 e. The Bertz CT molecular complexity index is 195. The van der Waals surface area contributed by atoms with Crippen LogP contribution in [0.2, 0.25) is 0 Å². The first kappa shape index (κ1) is 25.7. The Morgan fingerprint density at radius 1 is 0.320 bits per heavy atom. The quantitative estimate of drug-likeness (QED) is 0.291. The molecule has 0 heterocycles. The van der Waals surface area contributed by atoms with Crippen LogP contribution in [0, 0.1) is 23.7 Å². The van der Waals surface area contributed by atoms with E-state index in [9.17, 15) is 0 Å². The molecule has 25 heavy (non-hydrogen) atoms. The summed E-state index contributed by atoms with van der Waals surface area (Å²) in [6.07, 6.45) is 22.8. The van der Waals surface area contributed by atoms with Crippen molar-refractivity contribution in [3.05, 3.63) is 23.7 Å². The zero-order valence-corrected chi connectivity index (χ0v) is 19.4. The minimum absolute atomic E-state index is 0. The summed E-state index contributed by atoms with van der Waals surface area (Å²) >= 11 is 0. The fourth-order valence-corrected chi connectivity index (χ4v) is 3.91. The van der Waals surface area contributed by atoms with Crippen LogP contribution in [0.15, 0.2) is 0 Å². The van der Waals surface area contributed by atoms with E-state index in [2.05, 4.69) is 27.7 Å². The van der Waals surface area contributed by atoms with Crippen molar-refractivity contribution < 1.29 is 21.7 Å². The molecule has 0 amide bonds. The van der Waals surface area contributed by atoms with Crippen LogP contribution in [0.4, 0.5) is 0 Å². The van der Waals surface area contributed by atoms with Gasteiger partial charge in [0.2, 0.25) is 0 Å². The summed E-state index contributed by atoms with van der Waals surface area (Å²) in [5, 5.41) is 0. The van der Waals surface area contributed by atoms with Crippen molar-refractivity contribution in [3.8, 4) is 0 Å². The first-order valence-corrected chi connectivity index (χ1v) is 10.8. The molecule has 1 heteroatoms. The van der Waals surface area contributed by atoms with E-state index in [0.29, 0.717) is 0 Å². The second-order valence-electron chi connectivity index (χ2n) is 8.66. The van der Waals surface area contributed by atoms with Gasteiger partial charge in [0.25, 0.3) is 0 Å². The normalized spacial score (nSPS) is 24.5. The topological polar surface area (TPSA) is 0 Å². The predicted molar refractivity (Wildman–Crippen MR) is 110 cm³/mol. The van der Waals surface area contributed by atoms with Crippen molar-refractivity contribution in [1.29, 1.82) is 0 Å². The molecule has 0 unspecified atom stereocenters. The maximum Gasteiger partial charge on any atom is 4.00 e. The summed E-state index contributed by atoms with van der Waals surface area (Å²) < 4.78 is 0. The van der Waals surface area contributed by atoms with Crippen LogP contribution in [0.5, 0.6) is 0 Å². The van der Waals surface area contributed by atoms with Crippen LogP contribution in [-0.4, -0.2) is 0 Å². The van der Waals surface area contributed by atoms with Crippen LogP contribution >= 0.6 is 0 Å². The molecule has 0 saturated heterocycles. The SMILES string of the molecule is C[C-]1CCCC1.C[C-]1CCCC1.C[C-]1CCCC1.C[C-]1CCCC1.[Ti+4]. The molecule has 4 rings (SSSR count). The molecule has 0 nitrogen and oxygen atoms in total. The summed E-state index contributed by atoms with van der Waals surface area (Å²) in [6.45, 7) is 9.03. The first-order valence-electron chi connectivity index (χ1n) is 10.8. The molecule has 0 spiro atoms. The minimum atomic E-state index is 0. The van der Waals surface area contributed by atoms with Crippen molar-refractivity contribution >= 4 is 0 Å². The number of rotatable bonds is 0. The van der Waals surface area contributed by atoms with E-state index in [1.165, 1.54) is 103 Å². The zero-order chi connectivity index (χ0) is 17.6. The predicted octanol–water partition coefficient (Wildman–Crippen LogP) is 8.62. The second kappa shape index (κ2) is 16.9. The molecule has 144 valence electrons. The Kier molecular flexibility index (Phi) is 17.3. The number of hydrogen-bond donors (Lipinski definition) is 0. The molecule has 0 aliphatic heterocycles. The van der Waals surface area contributed by atoms with Crippen molar-refractivity contribution in [2.75, 3.05) is 0 Å². The van der Waals surface area contributed by atoms with Gasteiger partial charge in [0.05, 0.1) is 0 Å². The maximum absolute atomic E-state index is 2.26. The molecule has 0 aromatic rings. The Balaban J connectivity index is 0.000000303. The van der Waals surface area contributed by atoms with Gasteiger partial charge in [0, 0.05) is 0 Å². The summed E-state index contributed by atoms with van der Waals surface area (Å²) in [6, 6.07) is 0. The van der Waals surface area contributed by atoms with Gasteiger partial charge in [-0.25, -0.2) is 0 Å². The van der Waals surface area contributed by atoms with E-state index in [4.69, 9.17) is 0 Å². The van der Waals surface area contributed by atoms with E-state index < -0.39 is 0 Å². The molecular formula is C24H44Ti. The van der Waals surface area contributed by atoms with Gasteiger partial charge < -0.3 is 23.7 Å². The van der Waals surface area contributed by atoms with Gasteiger partial charge in [-0.05, 0) is 0 Å². The third-order valence-electron chi connectivity index (χ3n) is 5.83. The molecule has 0 bridgehead atoms. The summed E-state index contributed by atoms with van der Waals surface area (Å²) in [5.74, 6) is 6.81. The Morgan fingerprint density at radius 3 is 0.480 bits per heavy atom. The zero-order valence-electron chi connectivity index (χ0n) is 17.8. The van der Waals surface area contributed by atoms with Crippen LogP contribution in [0.3, 0.4) is 0 Å². The fourth-order valence-electron chi connectivity index (χ4n) is 3.91. The summed E-state index contributed by atoms with van der Waals surface area (Å²) in [5.41, 5.74) is 0. The van der Waals surface area contributed by atoms with E-state index in [0.717, 1.165) is 0 Å². The van der Waals surface area contributed by atoms with Crippen LogP contribution in [0.25, 0.3) is 0 Å². The monoisotopic (exact) mass is 380 g/mol. The molecule has 4 aliphatic carbocycles. The third-order valence-corrected chi connectivity index (χ3v) is 5.83. The van der Waals surface area contributed by atoms with Crippen LogP contribution < -0.4 is 0 Å². The summed E-state index contributed by atoms with van der Waals surface area (Å²) in [4.78, 5) is 0. The van der Waals surface area contributed by atoms with Crippen molar-refractivity contribution in [3.63, 3.8) is 0 Å². The first-order chi connectivity index (χ1) is 11.6. The van der Waals surface area contributed by atoms with E-state index in [1.807, 2.05) is 0 Å². The molecule has 0 aromatic carbocycles. The summed E-state index contributed by atoms with van der Waals surface area (Å²) in [7, 11) is 0. The Hall–Kier alpha value is 0.714. The Morgan fingerprint density at radius 2 is 0.440 bits per heavy atom. The largest absolute Gasteiger partial charge is 4.00 e. The Labute approximate surface area is 175 Å². The van der Waals surface area contributed by atoms with Crippen molar-refractivity contribution in [2.45, 2.75) is 130 Å². The second-order valence-corrected chi connectivity index (χ2v) is 8.66.